The average Bonchev–Trinajstić information content (AvgIpc) is 2.59. The molecule has 118 valence electrons. The number of methoxy groups -OCH3 is 4. The Kier molecular flexibility index (Phi) is 5.15. The molecule has 0 saturated carbocycles. The first-order valence-corrected chi connectivity index (χ1v) is 7.16. The SMILES string of the molecule is CCc1ccc(OC)c(-c2ccc(OC)cc2OC)c1OC. The molecule has 0 aliphatic heterocycles. The topological polar surface area (TPSA) is 36.9 Å². The Labute approximate surface area is 131 Å². The van der Waals surface area contributed by atoms with E-state index >= 15 is 0 Å². The first kappa shape index (κ1) is 16.0. The van der Waals surface area contributed by atoms with Crippen molar-refractivity contribution >= 4 is 0 Å². The molecule has 0 heterocycles. The highest BCUT2D eigenvalue weighted by atomic mass is 16.5. The molecule has 2 aromatic rings. The van der Waals surface area contributed by atoms with Crippen molar-refractivity contribution in [3.8, 4) is 34.1 Å². The molecular formula is C18H22O4. The molecule has 0 atom stereocenters. The summed E-state index contributed by atoms with van der Waals surface area (Å²) in [5.41, 5.74) is 2.92. The Morgan fingerprint density at radius 3 is 2.05 bits per heavy atom. The molecule has 4 heteroatoms. The predicted molar refractivity (Wildman–Crippen MR) is 87.5 cm³/mol. The van der Waals surface area contributed by atoms with E-state index < -0.39 is 0 Å². The fourth-order valence-corrected chi connectivity index (χ4v) is 2.55. The maximum absolute atomic E-state index is 5.65. The Morgan fingerprint density at radius 1 is 0.773 bits per heavy atom. The fraction of sp³-hybridized carbons (Fsp3) is 0.333. The van der Waals surface area contributed by atoms with Crippen molar-refractivity contribution in [2.45, 2.75) is 13.3 Å². The summed E-state index contributed by atoms with van der Waals surface area (Å²) in [6.07, 6.45) is 0.874. The van der Waals surface area contributed by atoms with Gasteiger partial charge in [-0.15, -0.1) is 0 Å². The fourth-order valence-electron chi connectivity index (χ4n) is 2.55. The summed E-state index contributed by atoms with van der Waals surface area (Å²) in [6, 6.07) is 9.69. The van der Waals surface area contributed by atoms with E-state index in [2.05, 4.69) is 6.92 Å². The summed E-state index contributed by atoms with van der Waals surface area (Å²) >= 11 is 0. The molecule has 22 heavy (non-hydrogen) atoms. The number of benzene rings is 2. The van der Waals surface area contributed by atoms with Crippen LogP contribution >= 0.6 is 0 Å². The van der Waals surface area contributed by atoms with Crippen molar-refractivity contribution in [1.82, 2.24) is 0 Å². The minimum absolute atomic E-state index is 0.712. The van der Waals surface area contributed by atoms with Crippen molar-refractivity contribution in [2.75, 3.05) is 28.4 Å². The summed E-state index contributed by atoms with van der Waals surface area (Å²) in [7, 11) is 6.60. The molecule has 4 nitrogen and oxygen atoms in total. The van der Waals surface area contributed by atoms with Crippen molar-refractivity contribution in [3.05, 3.63) is 35.9 Å². The molecule has 0 saturated heterocycles. The van der Waals surface area contributed by atoms with Crippen LogP contribution in [-0.2, 0) is 6.42 Å². The molecule has 0 aromatic heterocycles. The minimum Gasteiger partial charge on any atom is -0.497 e. The zero-order valence-electron chi connectivity index (χ0n) is 13.7. The second-order valence-corrected chi connectivity index (χ2v) is 4.75. The molecule has 2 aromatic carbocycles. The van der Waals surface area contributed by atoms with Crippen molar-refractivity contribution in [3.63, 3.8) is 0 Å². The molecule has 0 amide bonds. The number of hydrogen-bond acceptors (Lipinski definition) is 4. The third-order valence-corrected chi connectivity index (χ3v) is 3.68. The van der Waals surface area contributed by atoms with E-state index in [-0.39, 0.29) is 0 Å². The van der Waals surface area contributed by atoms with E-state index in [0.29, 0.717) is 5.75 Å². The van der Waals surface area contributed by atoms with Gasteiger partial charge in [0.2, 0.25) is 0 Å². The summed E-state index contributed by atoms with van der Waals surface area (Å²) in [5, 5.41) is 0. The van der Waals surface area contributed by atoms with Gasteiger partial charge >= 0.3 is 0 Å². The molecule has 0 aliphatic carbocycles. The van der Waals surface area contributed by atoms with E-state index in [4.69, 9.17) is 18.9 Å². The van der Waals surface area contributed by atoms with Crippen molar-refractivity contribution < 1.29 is 18.9 Å². The first-order chi connectivity index (χ1) is 10.7. The van der Waals surface area contributed by atoms with Gasteiger partial charge in [-0.05, 0) is 30.2 Å². The highest BCUT2D eigenvalue weighted by molar-refractivity contribution is 5.83. The molecule has 0 aliphatic rings. The normalized spacial score (nSPS) is 10.2. The van der Waals surface area contributed by atoms with Crippen LogP contribution in [0.4, 0.5) is 0 Å². The first-order valence-electron chi connectivity index (χ1n) is 7.16. The van der Waals surface area contributed by atoms with E-state index in [1.165, 1.54) is 0 Å². The van der Waals surface area contributed by atoms with Gasteiger partial charge in [0.1, 0.15) is 23.0 Å². The van der Waals surface area contributed by atoms with Gasteiger partial charge in [-0.25, -0.2) is 0 Å². The van der Waals surface area contributed by atoms with Crippen LogP contribution in [0, 0.1) is 0 Å². The third-order valence-electron chi connectivity index (χ3n) is 3.68. The zero-order valence-corrected chi connectivity index (χ0v) is 13.7. The molecule has 0 unspecified atom stereocenters. The van der Waals surface area contributed by atoms with Crippen LogP contribution in [0.15, 0.2) is 30.3 Å². The van der Waals surface area contributed by atoms with Crippen LogP contribution in [0.5, 0.6) is 23.0 Å². The highest BCUT2D eigenvalue weighted by Gasteiger charge is 2.19. The lowest BCUT2D eigenvalue weighted by atomic mass is 9.98. The standard InChI is InChI=1S/C18H22O4/c1-6-12-7-10-15(20-3)17(18(12)22-5)14-9-8-13(19-2)11-16(14)21-4/h7-11H,6H2,1-5H3. The van der Waals surface area contributed by atoms with Crippen molar-refractivity contribution in [1.29, 1.82) is 0 Å². The number of aryl methyl sites for hydroxylation is 1. The van der Waals surface area contributed by atoms with Gasteiger partial charge in [0.25, 0.3) is 0 Å². The van der Waals surface area contributed by atoms with Crippen LogP contribution in [0.25, 0.3) is 11.1 Å². The van der Waals surface area contributed by atoms with Gasteiger partial charge < -0.3 is 18.9 Å². The lowest BCUT2D eigenvalue weighted by molar-refractivity contribution is 0.388. The molecule has 2 rings (SSSR count). The summed E-state index contributed by atoms with van der Waals surface area (Å²) < 4.78 is 22.0. The Bertz CT molecular complexity index is 650. The quantitative estimate of drug-likeness (QED) is 0.809. The number of rotatable bonds is 6. The molecule has 0 radical (unpaired) electrons. The maximum atomic E-state index is 5.65. The van der Waals surface area contributed by atoms with Gasteiger partial charge in [-0.2, -0.15) is 0 Å². The Hall–Kier alpha value is -2.36. The monoisotopic (exact) mass is 302 g/mol. The van der Waals surface area contributed by atoms with Crippen LogP contribution in [0.1, 0.15) is 12.5 Å². The molecule has 0 fully saturated rings. The van der Waals surface area contributed by atoms with Crippen molar-refractivity contribution in [2.24, 2.45) is 0 Å². The van der Waals surface area contributed by atoms with Crippen LogP contribution in [0.3, 0.4) is 0 Å². The third kappa shape index (κ3) is 2.82. The van der Waals surface area contributed by atoms with Gasteiger partial charge in [0.15, 0.2) is 0 Å². The molecule has 0 bridgehead atoms. The second-order valence-electron chi connectivity index (χ2n) is 4.75. The summed E-state index contributed by atoms with van der Waals surface area (Å²) in [4.78, 5) is 0. The second kappa shape index (κ2) is 7.07. The van der Waals surface area contributed by atoms with Crippen LogP contribution < -0.4 is 18.9 Å². The number of hydrogen-bond donors (Lipinski definition) is 0. The largest absolute Gasteiger partial charge is 0.497 e. The zero-order chi connectivity index (χ0) is 16.1. The van der Waals surface area contributed by atoms with Gasteiger partial charge in [-0.1, -0.05) is 13.0 Å². The highest BCUT2D eigenvalue weighted by Crippen LogP contribution is 2.45. The minimum atomic E-state index is 0.712. The van der Waals surface area contributed by atoms with Crippen LogP contribution in [0.2, 0.25) is 0 Å². The lowest BCUT2D eigenvalue weighted by Crippen LogP contribution is -1.99. The summed E-state index contributed by atoms with van der Waals surface area (Å²) in [6.45, 7) is 2.10. The lowest BCUT2D eigenvalue weighted by Gasteiger charge is -2.18. The van der Waals surface area contributed by atoms with Gasteiger partial charge in [0, 0.05) is 11.6 Å². The van der Waals surface area contributed by atoms with Crippen LogP contribution in [-0.4, -0.2) is 28.4 Å². The summed E-state index contributed by atoms with van der Waals surface area (Å²) in [5.74, 6) is 3.01. The maximum Gasteiger partial charge on any atom is 0.133 e. The van der Waals surface area contributed by atoms with E-state index in [9.17, 15) is 0 Å². The molecular weight excluding hydrogens is 280 g/mol. The number of ether oxygens (including phenoxy) is 4. The molecule has 0 spiro atoms. The van der Waals surface area contributed by atoms with E-state index in [0.717, 1.165) is 40.4 Å². The Balaban J connectivity index is 2.75. The Morgan fingerprint density at radius 2 is 1.50 bits per heavy atom. The average molecular weight is 302 g/mol. The molecule has 0 N–H and O–H groups in total. The van der Waals surface area contributed by atoms with E-state index in [1.807, 2.05) is 30.3 Å². The predicted octanol–water partition coefficient (Wildman–Crippen LogP) is 3.95. The van der Waals surface area contributed by atoms with Gasteiger partial charge in [-0.3, -0.25) is 0 Å². The van der Waals surface area contributed by atoms with E-state index in [1.54, 1.807) is 28.4 Å². The van der Waals surface area contributed by atoms with Gasteiger partial charge in [0.05, 0.1) is 34.0 Å². The smallest absolute Gasteiger partial charge is 0.133 e.